The second kappa shape index (κ2) is 5.92. The molecule has 0 aliphatic carbocycles. The highest BCUT2D eigenvalue weighted by molar-refractivity contribution is 6.05. The van der Waals surface area contributed by atoms with Crippen molar-refractivity contribution in [2.24, 2.45) is 0 Å². The Kier molecular flexibility index (Phi) is 3.47. The number of rotatable bonds is 3. The van der Waals surface area contributed by atoms with Gasteiger partial charge in [-0.25, -0.2) is 0 Å². The topological polar surface area (TPSA) is 80.9 Å². The second-order valence-corrected chi connectivity index (χ2v) is 5.17. The average Bonchev–Trinajstić information content (AvgIpc) is 3.10. The molecule has 0 bridgehead atoms. The van der Waals surface area contributed by atoms with E-state index in [-0.39, 0.29) is 11.9 Å². The first kappa shape index (κ1) is 14.1. The van der Waals surface area contributed by atoms with Crippen molar-refractivity contribution in [1.82, 2.24) is 15.2 Å². The summed E-state index contributed by atoms with van der Waals surface area (Å²) >= 11 is 0. The maximum Gasteiger partial charge on any atom is 0.322 e. The van der Waals surface area contributed by atoms with Crippen molar-refractivity contribution in [3.05, 3.63) is 72.6 Å². The van der Waals surface area contributed by atoms with Crippen molar-refractivity contribution in [3.63, 3.8) is 0 Å². The number of benzene rings is 2. The molecule has 0 atom stereocenters. The smallest absolute Gasteiger partial charge is 0.322 e. The SMILES string of the molecule is O=C(Nc1nnc(-c2cccnc2)o1)c1ccc2ccccc2c1. The molecule has 1 N–H and O–H groups in total. The van der Waals surface area contributed by atoms with E-state index in [1.54, 1.807) is 30.6 Å². The number of carbonyl (C=O) groups excluding carboxylic acids is 1. The predicted molar refractivity (Wildman–Crippen MR) is 89.4 cm³/mol. The fourth-order valence-corrected chi connectivity index (χ4v) is 2.38. The highest BCUT2D eigenvalue weighted by Crippen LogP contribution is 2.20. The first-order valence-electron chi connectivity index (χ1n) is 7.34. The van der Waals surface area contributed by atoms with Crippen molar-refractivity contribution < 1.29 is 9.21 Å². The van der Waals surface area contributed by atoms with Gasteiger partial charge in [-0.3, -0.25) is 15.1 Å². The molecule has 2 aromatic carbocycles. The highest BCUT2D eigenvalue weighted by Gasteiger charge is 2.13. The summed E-state index contributed by atoms with van der Waals surface area (Å²) in [5.74, 6) is -0.000879. The molecule has 0 unspecified atom stereocenters. The van der Waals surface area contributed by atoms with Crippen LogP contribution in [0, 0.1) is 0 Å². The first-order valence-corrected chi connectivity index (χ1v) is 7.34. The van der Waals surface area contributed by atoms with Crippen LogP contribution in [-0.2, 0) is 0 Å². The van der Waals surface area contributed by atoms with E-state index < -0.39 is 0 Å². The fraction of sp³-hybridized carbons (Fsp3) is 0. The van der Waals surface area contributed by atoms with E-state index >= 15 is 0 Å². The Morgan fingerprint density at radius 3 is 2.67 bits per heavy atom. The van der Waals surface area contributed by atoms with E-state index in [1.807, 2.05) is 36.4 Å². The molecule has 0 spiro atoms. The summed E-state index contributed by atoms with van der Waals surface area (Å²) in [6.07, 6.45) is 3.27. The number of fused-ring (bicyclic) bond motifs is 1. The molecule has 2 heterocycles. The lowest BCUT2D eigenvalue weighted by atomic mass is 10.1. The standard InChI is InChI=1S/C18H12N4O2/c23-16(14-8-7-12-4-1-2-5-13(12)10-14)20-18-22-21-17(24-18)15-6-3-9-19-11-15/h1-11H,(H,20,22,23). The Bertz CT molecular complexity index is 1010. The predicted octanol–water partition coefficient (Wildman–Crippen LogP) is 3.54. The number of anilines is 1. The zero-order valence-corrected chi connectivity index (χ0v) is 12.5. The van der Waals surface area contributed by atoms with Crippen LogP contribution in [0.1, 0.15) is 10.4 Å². The third kappa shape index (κ3) is 2.72. The maximum atomic E-state index is 12.4. The summed E-state index contributed by atoms with van der Waals surface area (Å²) in [5.41, 5.74) is 1.21. The van der Waals surface area contributed by atoms with E-state index in [2.05, 4.69) is 20.5 Å². The molecule has 116 valence electrons. The number of aromatic nitrogens is 3. The van der Waals surface area contributed by atoms with Gasteiger partial charge in [0.15, 0.2) is 0 Å². The van der Waals surface area contributed by atoms with Crippen molar-refractivity contribution in [2.75, 3.05) is 5.32 Å². The van der Waals surface area contributed by atoms with Crippen molar-refractivity contribution in [2.45, 2.75) is 0 Å². The number of pyridine rings is 1. The maximum absolute atomic E-state index is 12.4. The zero-order chi connectivity index (χ0) is 16.4. The molecular formula is C18H12N4O2. The highest BCUT2D eigenvalue weighted by atomic mass is 16.4. The fourth-order valence-electron chi connectivity index (χ4n) is 2.38. The van der Waals surface area contributed by atoms with Crippen molar-refractivity contribution >= 4 is 22.7 Å². The summed E-state index contributed by atoms with van der Waals surface area (Å²) in [5, 5.41) is 12.4. The normalized spacial score (nSPS) is 10.7. The molecule has 6 nitrogen and oxygen atoms in total. The molecule has 0 aliphatic heterocycles. The molecule has 4 aromatic rings. The Hall–Kier alpha value is -3.54. The molecule has 0 radical (unpaired) electrons. The third-order valence-electron chi connectivity index (χ3n) is 3.57. The number of carbonyl (C=O) groups is 1. The van der Waals surface area contributed by atoms with Crippen LogP contribution in [0.15, 0.2) is 71.4 Å². The average molecular weight is 316 g/mol. The van der Waals surface area contributed by atoms with Crippen LogP contribution in [0.5, 0.6) is 0 Å². The van der Waals surface area contributed by atoms with Gasteiger partial charge in [-0.2, -0.15) is 0 Å². The molecule has 0 saturated heterocycles. The van der Waals surface area contributed by atoms with Gasteiger partial charge in [-0.15, -0.1) is 5.10 Å². The lowest BCUT2D eigenvalue weighted by molar-refractivity contribution is 0.102. The number of hydrogen-bond donors (Lipinski definition) is 1. The molecule has 1 amide bonds. The number of amides is 1. The minimum absolute atomic E-state index is 0.0482. The largest absolute Gasteiger partial charge is 0.403 e. The molecular weight excluding hydrogens is 304 g/mol. The molecule has 2 aromatic heterocycles. The molecule has 0 fully saturated rings. The van der Waals surface area contributed by atoms with Crippen LogP contribution in [0.3, 0.4) is 0 Å². The van der Waals surface area contributed by atoms with Gasteiger partial charge >= 0.3 is 6.01 Å². The monoisotopic (exact) mass is 316 g/mol. The molecule has 24 heavy (non-hydrogen) atoms. The van der Waals surface area contributed by atoms with Gasteiger partial charge in [-0.05, 0) is 35.0 Å². The third-order valence-corrected chi connectivity index (χ3v) is 3.57. The van der Waals surface area contributed by atoms with E-state index in [1.165, 1.54) is 0 Å². The van der Waals surface area contributed by atoms with E-state index in [0.29, 0.717) is 17.0 Å². The van der Waals surface area contributed by atoms with Gasteiger partial charge in [0, 0.05) is 18.0 Å². The second-order valence-electron chi connectivity index (χ2n) is 5.17. The van der Waals surface area contributed by atoms with Crippen LogP contribution in [0.2, 0.25) is 0 Å². The van der Waals surface area contributed by atoms with E-state index in [9.17, 15) is 4.79 Å². The first-order chi connectivity index (χ1) is 11.8. The Labute approximate surface area is 137 Å². The van der Waals surface area contributed by atoms with Crippen molar-refractivity contribution in [3.8, 4) is 11.5 Å². The van der Waals surface area contributed by atoms with Crippen molar-refractivity contribution in [1.29, 1.82) is 0 Å². The summed E-state index contributed by atoms with van der Waals surface area (Å²) in [6, 6.07) is 16.9. The van der Waals surface area contributed by atoms with E-state index in [4.69, 9.17) is 4.42 Å². The quantitative estimate of drug-likeness (QED) is 0.625. The van der Waals surface area contributed by atoms with E-state index in [0.717, 1.165) is 10.8 Å². The van der Waals surface area contributed by atoms with Gasteiger partial charge in [0.25, 0.3) is 11.8 Å². The summed E-state index contributed by atoms with van der Waals surface area (Å²) in [6.45, 7) is 0. The van der Waals surface area contributed by atoms with Crippen LogP contribution in [0.25, 0.3) is 22.2 Å². The Morgan fingerprint density at radius 1 is 0.958 bits per heavy atom. The zero-order valence-electron chi connectivity index (χ0n) is 12.5. The Morgan fingerprint density at radius 2 is 1.83 bits per heavy atom. The lowest BCUT2D eigenvalue weighted by Gasteiger charge is -2.03. The lowest BCUT2D eigenvalue weighted by Crippen LogP contribution is -2.12. The number of nitrogens with zero attached hydrogens (tertiary/aromatic N) is 3. The van der Waals surface area contributed by atoms with Crippen LogP contribution in [-0.4, -0.2) is 21.1 Å². The minimum atomic E-state index is -0.304. The van der Waals surface area contributed by atoms with Crippen LogP contribution in [0.4, 0.5) is 6.01 Å². The summed E-state index contributed by atoms with van der Waals surface area (Å²) in [4.78, 5) is 16.3. The summed E-state index contributed by atoms with van der Waals surface area (Å²) < 4.78 is 5.46. The minimum Gasteiger partial charge on any atom is -0.403 e. The van der Waals surface area contributed by atoms with Gasteiger partial charge in [-0.1, -0.05) is 35.4 Å². The van der Waals surface area contributed by atoms with Gasteiger partial charge in [0.1, 0.15) is 0 Å². The van der Waals surface area contributed by atoms with Crippen LogP contribution >= 0.6 is 0 Å². The molecule has 4 rings (SSSR count). The van der Waals surface area contributed by atoms with Crippen LogP contribution < -0.4 is 5.32 Å². The Balaban J connectivity index is 1.56. The van der Waals surface area contributed by atoms with Gasteiger partial charge in [0.05, 0.1) is 5.56 Å². The van der Waals surface area contributed by atoms with Gasteiger partial charge < -0.3 is 4.42 Å². The summed E-state index contributed by atoms with van der Waals surface area (Å²) in [7, 11) is 0. The molecule has 0 aliphatic rings. The number of nitrogens with one attached hydrogen (secondary N) is 1. The molecule has 0 saturated carbocycles. The van der Waals surface area contributed by atoms with Gasteiger partial charge in [0.2, 0.25) is 0 Å². The molecule has 6 heteroatoms. The number of hydrogen-bond acceptors (Lipinski definition) is 5.